The van der Waals surface area contributed by atoms with Crippen LogP contribution in [0.3, 0.4) is 0 Å². The molecule has 6 aliphatic rings. The van der Waals surface area contributed by atoms with Crippen LogP contribution in [-0.4, -0.2) is 23.8 Å². The molecule has 0 aromatic heterocycles. The number of hydrogen-bond acceptors (Lipinski definition) is 3. The van der Waals surface area contributed by atoms with Gasteiger partial charge in [0, 0.05) is 18.9 Å². The maximum atomic E-state index is 11.9. The van der Waals surface area contributed by atoms with Gasteiger partial charge in [0.15, 0.2) is 0 Å². The summed E-state index contributed by atoms with van der Waals surface area (Å²) in [7, 11) is 0. The predicted octanol–water partition coefficient (Wildman–Crippen LogP) is 4.18. The number of aliphatic hydroxyl groups excluding tert-OH is 1. The van der Waals surface area contributed by atoms with Crippen LogP contribution in [0.25, 0.3) is 0 Å². The van der Waals surface area contributed by atoms with Gasteiger partial charge in [-0.1, -0.05) is 27.2 Å². The second kappa shape index (κ2) is 4.64. The number of carbonyl (C=O) groups excluding carboxylic acids is 1. The van der Waals surface area contributed by atoms with Crippen molar-refractivity contribution in [1.29, 1.82) is 0 Å². The van der Waals surface area contributed by atoms with Crippen molar-refractivity contribution in [3.8, 4) is 0 Å². The highest BCUT2D eigenvalue weighted by molar-refractivity contribution is 5.66. The number of ether oxygens (including phenoxy) is 1. The molecule has 0 unspecified atom stereocenters. The first-order valence-electron chi connectivity index (χ1n) is 10.5. The van der Waals surface area contributed by atoms with Gasteiger partial charge in [-0.2, -0.15) is 0 Å². The van der Waals surface area contributed by atoms with Crippen LogP contribution in [0, 0.1) is 45.3 Å². The van der Waals surface area contributed by atoms with E-state index < -0.39 is 0 Å². The van der Waals surface area contributed by atoms with Gasteiger partial charge in [-0.25, -0.2) is 0 Å². The molecule has 0 heterocycles. The van der Waals surface area contributed by atoms with Gasteiger partial charge >= 0.3 is 5.97 Å². The van der Waals surface area contributed by atoms with Gasteiger partial charge in [0.1, 0.15) is 6.10 Å². The number of hydrogen-bond donors (Lipinski definition) is 1. The highest BCUT2D eigenvalue weighted by Crippen LogP contribution is 2.85. The summed E-state index contributed by atoms with van der Waals surface area (Å²) >= 11 is 0. The number of esters is 1. The zero-order chi connectivity index (χ0) is 17.8. The Kier molecular flexibility index (Phi) is 3.08. The molecule has 6 rings (SSSR count). The molecule has 0 aromatic carbocycles. The third-order valence-electron chi connectivity index (χ3n) is 10.2. The predicted molar refractivity (Wildman–Crippen MR) is 95.7 cm³/mol. The van der Waals surface area contributed by atoms with E-state index in [-0.39, 0.29) is 29.5 Å². The van der Waals surface area contributed by atoms with Crippen LogP contribution in [0.1, 0.15) is 72.6 Å². The Balaban J connectivity index is 1.59. The summed E-state index contributed by atoms with van der Waals surface area (Å²) in [5, 5.41) is 10.2. The van der Waals surface area contributed by atoms with Crippen molar-refractivity contribution in [3.05, 3.63) is 0 Å². The topological polar surface area (TPSA) is 46.5 Å². The lowest BCUT2D eigenvalue weighted by atomic mass is 9.39. The summed E-state index contributed by atoms with van der Waals surface area (Å²) in [4.78, 5) is 11.9. The monoisotopic (exact) mass is 346 g/mol. The first-order chi connectivity index (χ1) is 11.7. The first-order valence-corrected chi connectivity index (χ1v) is 10.5. The Morgan fingerprint density at radius 3 is 2.44 bits per heavy atom. The van der Waals surface area contributed by atoms with Crippen LogP contribution in [-0.2, 0) is 9.53 Å². The van der Waals surface area contributed by atoms with E-state index in [0.29, 0.717) is 22.7 Å². The van der Waals surface area contributed by atoms with Crippen LogP contribution in [0.4, 0.5) is 0 Å². The molecule has 3 nitrogen and oxygen atoms in total. The molecule has 0 saturated heterocycles. The smallest absolute Gasteiger partial charge is 0.302 e. The third-order valence-corrected chi connectivity index (χ3v) is 10.2. The fraction of sp³-hybridized carbons (Fsp3) is 0.955. The minimum absolute atomic E-state index is 0.0134. The van der Waals surface area contributed by atoms with Crippen molar-refractivity contribution in [1.82, 2.24) is 0 Å². The standard InChI is InChI=1S/C22H34O3/c1-13(24)25-18-9-16-19(2,12-23)6-5-7-20(16,3)17-8-14-15-10-22(17,18)11-21(14,15)4/h14-18,23H,5-12H2,1-4H3/t14-,15+,16-,17+,18+,19-,20-,21-,22-/m1/s1. The molecule has 0 aromatic rings. The maximum Gasteiger partial charge on any atom is 0.302 e. The zero-order valence-electron chi connectivity index (χ0n) is 16.3. The van der Waals surface area contributed by atoms with Gasteiger partial charge < -0.3 is 9.84 Å². The van der Waals surface area contributed by atoms with Crippen molar-refractivity contribution < 1.29 is 14.6 Å². The first kappa shape index (κ1) is 16.6. The molecular weight excluding hydrogens is 312 g/mol. The summed E-state index contributed by atoms with van der Waals surface area (Å²) in [6, 6.07) is 0. The lowest BCUT2D eigenvalue weighted by Crippen LogP contribution is -2.64. The van der Waals surface area contributed by atoms with Gasteiger partial charge in [-0.15, -0.1) is 0 Å². The van der Waals surface area contributed by atoms with Crippen LogP contribution in [0.2, 0.25) is 0 Å². The Bertz CT molecular complexity index is 631. The van der Waals surface area contributed by atoms with E-state index in [9.17, 15) is 9.90 Å². The highest BCUT2D eigenvalue weighted by Gasteiger charge is 2.80. The second-order valence-corrected chi connectivity index (χ2v) is 11.2. The number of carbonyl (C=O) groups is 1. The molecule has 0 aliphatic heterocycles. The number of aliphatic hydroxyl groups is 1. The minimum atomic E-state index is -0.115. The van der Waals surface area contributed by atoms with Gasteiger partial charge in [-0.05, 0) is 78.4 Å². The molecule has 0 radical (unpaired) electrons. The van der Waals surface area contributed by atoms with E-state index in [1.165, 1.54) is 32.1 Å². The van der Waals surface area contributed by atoms with E-state index in [2.05, 4.69) is 20.8 Å². The molecule has 6 aliphatic carbocycles. The Morgan fingerprint density at radius 2 is 1.84 bits per heavy atom. The van der Waals surface area contributed by atoms with Crippen molar-refractivity contribution in [2.75, 3.05) is 6.61 Å². The molecule has 9 atom stereocenters. The van der Waals surface area contributed by atoms with E-state index >= 15 is 0 Å². The van der Waals surface area contributed by atoms with E-state index in [1.807, 2.05) is 0 Å². The fourth-order valence-corrected chi connectivity index (χ4v) is 9.17. The molecule has 6 saturated carbocycles. The van der Waals surface area contributed by atoms with E-state index in [1.54, 1.807) is 6.92 Å². The van der Waals surface area contributed by atoms with Gasteiger partial charge in [0.25, 0.3) is 0 Å². The van der Waals surface area contributed by atoms with E-state index in [4.69, 9.17) is 4.74 Å². The average Bonchev–Trinajstić information content (AvgIpc) is 3.00. The van der Waals surface area contributed by atoms with Gasteiger partial charge in [-0.3, -0.25) is 4.79 Å². The quantitative estimate of drug-likeness (QED) is 0.763. The highest BCUT2D eigenvalue weighted by atomic mass is 16.5. The summed E-state index contributed by atoms with van der Waals surface area (Å²) < 4.78 is 6.05. The van der Waals surface area contributed by atoms with Crippen LogP contribution >= 0.6 is 0 Å². The SMILES string of the molecule is CC(=O)O[C@H]1C[C@@H]2[C@@](C)(CO)CCC[C@@]2(C)[C@@H]2C[C@@H]3[C@@H]4C[C@]12C[C@]34C. The molecule has 3 heteroatoms. The Hall–Kier alpha value is -0.570. The van der Waals surface area contributed by atoms with Crippen molar-refractivity contribution in [3.63, 3.8) is 0 Å². The van der Waals surface area contributed by atoms with Crippen molar-refractivity contribution >= 4 is 5.97 Å². The maximum absolute atomic E-state index is 11.9. The molecule has 4 bridgehead atoms. The number of rotatable bonds is 2. The molecule has 25 heavy (non-hydrogen) atoms. The lowest BCUT2D eigenvalue weighted by Gasteiger charge is -2.67. The molecule has 1 N–H and O–H groups in total. The minimum Gasteiger partial charge on any atom is -0.462 e. The van der Waals surface area contributed by atoms with Gasteiger partial charge in [0.05, 0.1) is 0 Å². The normalized spacial score (nSPS) is 61.2. The summed E-state index contributed by atoms with van der Waals surface area (Å²) in [5.74, 6) is 2.83. The second-order valence-electron chi connectivity index (χ2n) is 11.2. The van der Waals surface area contributed by atoms with Crippen LogP contribution < -0.4 is 0 Å². The van der Waals surface area contributed by atoms with Crippen LogP contribution in [0.15, 0.2) is 0 Å². The van der Waals surface area contributed by atoms with Gasteiger partial charge in [0.2, 0.25) is 0 Å². The molecule has 6 fully saturated rings. The molecular formula is C22H34O3. The average molecular weight is 347 g/mol. The zero-order valence-corrected chi connectivity index (χ0v) is 16.3. The largest absolute Gasteiger partial charge is 0.462 e. The molecule has 140 valence electrons. The van der Waals surface area contributed by atoms with Crippen LogP contribution in [0.5, 0.6) is 0 Å². The Morgan fingerprint density at radius 1 is 1.08 bits per heavy atom. The Labute approximate surface area is 151 Å². The summed E-state index contributed by atoms with van der Waals surface area (Å²) in [6.45, 7) is 9.15. The number of fused-ring (bicyclic) bond motifs is 1. The molecule has 1 spiro atoms. The molecule has 0 amide bonds. The fourth-order valence-electron chi connectivity index (χ4n) is 9.17. The lowest BCUT2D eigenvalue weighted by molar-refractivity contribution is -0.229. The third kappa shape index (κ3) is 1.79. The van der Waals surface area contributed by atoms with Crippen molar-refractivity contribution in [2.45, 2.75) is 78.7 Å². The summed E-state index contributed by atoms with van der Waals surface area (Å²) in [5.41, 5.74) is 1.05. The summed E-state index contributed by atoms with van der Waals surface area (Å²) in [6.07, 6.45) is 8.58. The van der Waals surface area contributed by atoms with E-state index in [0.717, 1.165) is 24.7 Å². The van der Waals surface area contributed by atoms with Crippen molar-refractivity contribution in [2.24, 2.45) is 45.3 Å².